The molecule has 0 bridgehead atoms. The molecule has 2 aromatic carbocycles. The predicted octanol–water partition coefficient (Wildman–Crippen LogP) is -1.79. The molecule has 1 aromatic heterocycles. The average Bonchev–Trinajstić information content (AvgIpc) is 2.97. The minimum atomic E-state index is -1.89. The van der Waals surface area contributed by atoms with Crippen LogP contribution in [0, 0.1) is 0 Å². The predicted molar refractivity (Wildman–Crippen MR) is 140 cm³/mol. The lowest BCUT2D eigenvalue weighted by Gasteiger charge is -2.45. The Morgan fingerprint density at radius 1 is 0.674 bits per heavy atom. The minimum absolute atomic E-state index is 0.0231. The van der Waals surface area contributed by atoms with Crippen LogP contribution in [0.1, 0.15) is 0 Å². The lowest BCUT2D eigenvalue weighted by Crippen LogP contribution is -2.65. The highest BCUT2D eigenvalue weighted by Gasteiger charge is 2.51. The van der Waals surface area contributed by atoms with Gasteiger partial charge in [0.2, 0.25) is 12.0 Å². The quantitative estimate of drug-likeness (QED) is 0.104. The van der Waals surface area contributed by atoms with Crippen LogP contribution in [0.5, 0.6) is 28.7 Å². The van der Waals surface area contributed by atoms with Crippen molar-refractivity contribution in [1.82, 2.24) is 0 Å². The summed E-state index contributed by atoms with van der Waals surface area (Å²) in [6.45, 7) is -1.57. The van der Waals surface area contributed by atoms with Crippen molar-refractivity contribution in [3.8, 4) is 40.1 Å². The zero-order valence-corrected chi connectivity index (χ0v) is 22.1. The summed E-state index contributed by atoms with van der Waals surface area (Å²) in [6.07, 6.45) is -17.0. The monoisotopic (exact) mass is 611 g/mol. The summed E-state index contributed by atoms with van der Waals surface area (Å²) in [5.41, 5.74) is 0.109. The standard InChI is InChI=1S/C27H30O16/c28-7-17-19(34)21(36)22(37)26(41-17)43-25-20(35)18(8-29)42-27(23(25)38)40-16-6-11-13(32)4-10(30)5-15(11)39-24(16)9-1-2-12(31)14(33)3-9/h1-6,17-23,25-29,34-38H,7-8H2,(H3-,30,31,32,33)/p+1/t17?,18?,19-,20-,21?,22-,23?,25?,26+,27-/m1/s1. The van der Waals surface area contributed by atoms with Crippen LogP contribution in [0.3, 0.4) is 0 Å². The van der Waals surface area contributed by atoms with E-state index in [-0.39, 0.29) is 33.8 Å². The maximum absolute atomic E-state index is 11.2. The number of aromatic hydroxyl groups is 4. The van der Waals surface area contributed by atoms with Crippen molar-refractivity contribution in [3.63, 3.8) is 0 Å². The van der Waals surface area contributed by atoms with E-state index in [9.17, 15) is 56.2 Å². The molecule has 10 atom stereocenters. The maximum Gasteiger partial charge on any atom is 0.402 e. The first kappa shape index (κ1) is 30.9. The zero-order chi connectivity index (χ0) is 31.2. The number of phenols is 4. The molecule has 234 valence electrons. The van der Waals surface area contributed by atoms with Gasteiger partial charge in [-0.25, -0.2) is 4.42 Å². The molecule has 2 fully saturated rings. The summed E-state index contributed by atoms with van der Waals surface area (Å²) >= 11 is 0. The molecule has 2 aliphatic heterocycles. The average molecular weight is 612 g/mol. The van der Waals surface area contributed by atoms with Crippen LogP contribution in [-0.4, -0.2) is 131 Å². The summed E-state index contributed by atoms with van der Waals surface area (Å²) in [5, 5.41) is 112. The van der Waals surface area contributed by atoms with Gasteiger partial charge in [0.15, 0.2) is 17.8 Å². The molecule has 3 aromatic rings. The molecule has 0 amide bonds. The first-order valence-corrected chi connectivity index (χ1v) is 13.0. The first-order chi connectivity index (χ1) is 20.4. The highest BCUT2D eigenvalue weighted by Crippen LogP contribution is 2.42. The van der Waals surface area contributed by atoms with Crippen LogP contribution < -0.4 is 4.74 Å². The van der Waals surface area contributed by atoms with Gasteiger partial charge in [-0.05, 0) is 12.1 Å². The van der Waals surface area contributed by atoms with E-state index in [0.29, 0.717) is 0 Å². The number of hydrogen-bond donors (Lipinski definition) is 11. The molecule has 16 nitrogen and oxygen atoms in total. The van der Waals surface area contributed by atoms with Crippen molar-refractivity contribution in [1.29, 1.82) is 0 Å². The van der Waals surface area contributed by atoms with E-state index in [2.05, 4.69) is 0 Å². The summed E-state index contributed by atoms with van der Waals surface area (Å²) < 4.78 is 28.2. The van der Waals surface area contributed by atoms with Crippen LogP contribution >= 0.6 is 0 Å². The van der Waals surface area contributed by atoms with Crippen LogP contribution in [0.4, 0.5) is 0 Å². The van der Waals surface area contributed by atoms with E-state index in [1.807, 2.05) is 0 Å². The number of hydrogen-bond acceptors (Lipinski definition) is 15. The molecule has 43 heavy (non-hydrogen) atoms. The van der Waals surface area contributed by atoms with Crippen molar-refractivity contribution >= 4 is 11.0 Å². The Hall–Kier alpha value is -3.55. The second kappa shape index (κ2) is 12.2. The van der Waals surface area contributed by atoms with Crippen LogP contribution in [0.2, 0.25) is 0 Å². The van der Waals surface area contributed by atoms with Gasteiger partial charge in [0, 0.05) is 18.2 Å². The number of phenolic OH excluding ortho intramolecular Hbond substituents is 4. The van der Waals surface area contributed by atoms with Crippen molar-refractivity contribution in [3.05, 3.63) is 36.4 Å². The minimum Gasteiger partial charge on any atom is -0.507 e. The van der Waals surface area contributed by atoms with E-state index >= 15 is 0 Å². The van der Waals surface area contributed by atoms with Crippen LogP contribution in [-0.2, 0) is 14.2 Å². The Morgan fingerprint density at radius 2 is 1.35 bits per heavy atom. The Labute approximate surface area is 242 Å². The fourth-order valence-electron chi connectivity index (χ4n) is 4.91. The van der Waals surface area contributed by atoms with E-state index in [0.717, 1.165) is 18.2 Å². The summed E-state index contributed by atoms with van der Waals surface area (Å²) in [4.78, 5) is 0. The Kier molecular flexibility index (Phi) is 8.77. The van der Waals surface area contributed by atoms with Crippen molar-refractivity contribution < 1.29 is 79.5 Å². The third-order valence-electron chi connectivity index (χ3n) is 7.26. The number of fused-ring (bicyclic) bond motifs is 1. The maximum atomic E-state index is 11.2. The zero-order valence-electron chi connectivity index (χ0n) is 22.1. The molecule has 3 heterocycles. The first-order valence-electron chi connectivity index (χ1n) is 13.0. The third-order valence-corrected chi connectivity index (χ3v) is 7.26. The number of ether oxygens (including phenoxy) is 4. The van der Waals surface area contributed by atoms with Gasteiger partial charge in [0.25, 0.3) is 0 Å². The van der Waals surface area contributed by atoms with Crippen molar-refractivity contribution in [2.45, 2.75) is 61.4 Å². The molecule has 2 saturated heterocycles. The normalized spacial score (nSPS) is 33.0. The van der Waals surface area contributed by atoms with Gasteiger partial charge >= 0.3 is 11.3 Å². The van der Waals surface area contributed by atoms with Crippen molar-refractivity contribution in [2.24, 2.45) is 0 Å². The van der Waals surface area contributed by atoms with Gasteiger partial charge in [-0.1, -0.05) is 0 Å². The topological polar surface area (TPSA) is 271 Å². The molecule has 5 unspecified atom stereocenters. The van der Waals surface area contributed by atoms with Crippen LogP contribution in [0.25, 0.3) is 22.3 Å². The second-order valence-electron chi connectivity index (χ2n) is 10.1. The number of benzene rings is 2. The van der Waals surface area contributed by atoms with Gasteiger partial charge in [0.05, 0.1) is 24.8 Å². The highest BCUT2D eigenvalue weighted by atomic mass is 16.7. The molecule has 2 aliphatic rings. The Bertz CT molecular complexity index is 1450. The van der Waals surface area contributed by atoms with E-state index in [1.165, 1.54) is 18.2 Å². The molecule has 5 rings (SSSR count). The van der Waals surface area contributed by atoms with Gasteiger partial charge in [-0.3, -0.25) is 0 Å². The van der Waals surface area contributed by atoms with Crippen LogP contribution in [0.15, 0.2) is 40.8 Å². The number of aliphatic hydroxyl groups is 7. The van der Waals surface area contributed by atoms with E-state index in [4.69, 9.17) is 23.4 Å². The Balaban J connectivity index is 1.51. The summed E-state index contributed by atoms with van der Waals surface area (Å²) in [6, 6.07) is 7.11. The lowest BCUT2D eigenvalue weighted by atomic mass is 9.97. The second-order valence-corrected chi connectivity index (χ2v) is 10.1. The molecule has 16 heteroatoms. The molecule has 0 aliphatic carbocycles. The van der Waals surface area contributed by atoms with E-state index < -0.39 is 91.9 Å². The molecular weight excluding hydrogens is 580 g/mol. The number of aliphatic hydroxyl groups excluding tert-OH is 7. The largest absolute Gasteiger partial charge is 0.507 e. The SMILES string of the molecule is OCC1O[C@@H](Oc2cc3c(O)cc(O)cc3[o+]c2-c2ccc(O)c(O)c2)C(O)C(O[C@@H]2OC(CO)[C@@H](O)C(O)[C@H]2O)[C@@H]1O. The van der Waals surface area contributed by atoms with E-state index in [1.54, 1.807) is 0 Å². The Morgan fingerprint density at radius 3 is 2.02 bits per heavy atom. The van der Waals surface area contributed by atoms with Gasteiger partial charge < -0.3 is 75.1 Å². The van der Waals surface area contributed by atoms with Crippen molar-refractivity contribution in [2.75, 3.05) is 13.2 Å². The molecular formula is C27H31O16+. The molecule has 0 radical (unpaired) electrons. The molecule has 0 spiro atoms. The number of rotatable bonds is 7. The van der Waals surface area contributed by atoms with Gasteiger partial charge in [-0.2, -0.15) is 0 Å². The fraction of sp³-hybridized carbons (Fsp3) is 0.444. The smallest absolute Gasteiger partial charge is 0.402 e. The lowest BCUT2D eigenvalue weighted by molar-refractivity contribution is -0.352. The highest BCUT2D eigenvalue weighted by molar-refractivity contribution is 5.88. The molecule has 11 N–H and O–H groups in total. The van der Waals surface area contributed by atoms with Gasteiger partial charge in [-0.15, -0.1) is 0 Å². The fourth-order valence-corrected chi connectivity index (χ4v) is 4.91. The molecule has 0 saturated carbocycles. The summed E-state index contributed by atoms with van der Waals surface area (Å²) in [7, 11) is 0. The third kappa shape index (κ3) is 5.85. The van der Waals surface area contributed by atoms with Gasteiger partial charge in [0.1, 0.15) is 65.7 Å². The summed E-state index contributed by atoms with van der Waals surface area (Å²) in [5.74, 6) is -2.07.